The highest BCUT2D eigenvalue weighted by Crippen LogP contribution is 2.39. The number of hydrogen-bond donors (Lipinski definition) is 1. The van der Waals surface area contributed by atoms with Gasteiger partial charge in [0, 0.05) is 62.2 Å². The van der Waals surface area contributed by atoms with Gasteiger partial charge in [-0.2, -0.15) is 10.2 Å². The molecule has 2 atom stereocenters. The lowest BCUT2D eigenvalue weighted by Crippen LogP contribution is -2.60. The van der Waals surface area contributed by atoms with Crippen molar-refractivity contribution in [1.29, 1.82) is 0 Å². The van der Waals surface area contributed by atoms with Gasteiger partial charge in [0.05, 0.1) is 23.6 Å². The predicted octanol–water partition coefficient (Wildman–Crippen LogP) is 3.46. The number of anilines is 1. The van der Waals surface area contributed by atoms with Gasteiger partial charge in [0.15, 0.2) is 0 Å². The Morgan fingerprint density at radius 3 is 2.73 bits per heavy atom. The summed E-state index contributed by atoms with van der Waals surface area (Å²) in [6.45, 7) is 11.6. The SMILES string of the molecule is Cc1cc(F)ccc1Cc1cc2c(nn1)C(C)(C)CN2C(=O)CN1C[C@@H](C)NC[C@@H]1CN1Cc2ccccc2C1=O. The number of aryl methyl sites for hydroxylation is 1. The fourth-order valence-electron chi connectivity index (χ4n) is 6.41. The first-order valence-electron chi connectivity index (χ1n) is 14.4. The number of benzene rings is 2. The van der Waals surface area contributed by atoms with Crippen molar-refractivity contribution in [2.75, 3.05) is 37.6 Å². The third kappa shape index (κ3) is 5.36. The summed E-state index contributed by atoms with van der Waals surface area (Å²) in [4.78, 5) is 33.0. The molecule has 3 aliphatic heterocycles. The van der Waals surface area contributed by atoms with Crippen molar-refractivity contribution in [1.82, 2.24) is 25.3 Å². The number of hydrogen-bond acceptors (Lipinski definition) is 6. The molecule has 4 heterocycles. The second kappa shape index (κ2) is 10.6. The van der Waals surface area contributed by atoms with E-state index in [1.165, 1.54) is 12.1 Å². The number of halogens is 1. The summed E-state index contributed by atoms with van der Waals surface area (Å²) >= 11 is 0. The molecule has 1 fully saturated rings. The molecule has 3 aliphatic rings. The minimum Gasteiger partial charge on any atom is -0.333 e. The van der Waals surface area contributed by atoms with Crippen LogP contribution in [-0.4, -0.2) is 76.6 Å². The lowest BCUT2D eigenvalue weighted by Gasteiger charge is -2.41. The number of carbonyl (C=O) groups is 2. The summed E-state index contributed by atoms with van der Waals surface area (Å²) in [5, 5.41) is 12.6. The number of rotatable bonds is 6. The summed E-state index contributed by atoms with van der Waals surface area (Å²) in [5.41, 5.74) is 5.70. The molecule has 214 valence electrons. The van der Waals surface area contributed by atoms with Gasteiger partial charge in [0.2, 0.25) is 5.91 Å². The lowest BCUT2D eigenvalue weighted by atomic mass is 9.91. The van der Waals surface area contributed by atoms with E-state index >= 15 is 0 Å². The first-order valence-corrected chi connectivity index (χ1v) is 14.4. The number of nitrogens with zero attached hydrogens (tertiary/aromatic N) is 5. The van der Waals surface area contributed by atoms with Crippen LogP contribution in [0.2, 0.25) is 0 Å². The highest BCUT2D eigenvalue weighted by Gasteiger charge is 2.41. The lowest BCUT2D eigenvalue weighted by molar-refractivity contribution is -0.120. The Morgan fingerprint density at radius 2 is 1.95 bits per heavy atom. The van der Waals surface area contributed by atoms with Crippen molar-refractivity contribution < 1.29 is 14.0 Å². The molecule has 0 aliphatic carbocycles. The molecule has 1 N–H and O–H groups in total. The molecule has 2 aromatic carbocycles. The summed E-state index contributed by atoms with van der Waals surface area (Å²) in [6, 6.07) is 14.8. The Morgan fingerprint density at radius 1 is 1.15 bits per heavy atom. The van der Waals surface area contributed by atoms with Crippen molar-refractivity contribution in [2.24, 2.45) is 0 Å². The normalized spacial score (nSPS) is 21.7. The van der Waals surface area contributed by atoms with Crippen LogP contribution in [0, 0.1) is 12.7 Å². The fraction of sp³-hybridized carbons (Fsp3) is 0.438. The Hall–Kier alpha value is -3.69. The number of aromatic nitrogens is 2. The van der Waals surface area contributed by atoms with Crippen LogP contribution >= 0.6 is 0 Å². The molecule has 6 rings (SSSR count). The molecule has 0 spiro atoms. The smallest absolute Gasteiger partial charge is 0.254 e. The molecule has 1 aromatic heterocycles. The van der Waals surface area contributed by atoms with E-state index in [9.17, 15) is 14.0 Å². The van der Waals surface area contributed by atoms with Crippen LogP contribution < -0.4 is 10.2 Å². The van der Waals surface area contributed by atoms with Crippen LogP contribution in [0.1, 0.15) is 59.2 Å². The standard InChI is InChI=1S/C32H37FN6O2/c1-20-11-24(33)10-9-22(20)12-25-13-28-30(36-35-25)32(3,4)19-39(28)29(40)18-37-15-21(2)34-14-26(37)17-38-16-23-7-5-6-8-27(23)31(38)41/h5-11,13,21,26,34H,12,14-19H2,1-4H3/t21-,26-/m1/s1. The molecule has 0 saturated carbocycles. The molecule has 2 amide bonds. The first-order chi connectivity index (χ1) is 19.6. The maximum Gasteiger partial charge on any atom is 0.254 e. The van der Waals surface area contributed by atoms with E-state index in [0.717, 1.165) is 45.9 Å². The van der Waals surface area contributed by atoms with Gasteiger partial charge in [0.1, 0.15) is 5.82 Å². The maximum atomic E-state index is 14.0. The van der Waals surface area contributed by atoms with Gasteiger partial charge in [-0.25, -0.2) is 4.39 Å². The zero-order valence-corrected chi connectivity index (χ0v) is 24.2. The van der Waals surface area contributed by atoms with Crippen molar-refractivity contribution in [3.8, 4) is 0 Å². The van der Waals surface area contributed by atoms with Crippen molar-refractivity contribution in [2.45, 2.75) is 58.2 Å². The average Bonchev–Trinajstić information content (AvgIpc) is 3.39. The Labute approximate surface area is 240 Å². The monoisotopic (exact) mass is 556 g/mol. The minimum absolute atomic E-state index is 0.0175. The van der Waals surface area contributed by atoms with E-state index in [1.807, 2.05) is 47.1 Å². The summed E-state index contributed by atoms with van der Waals surface area (Å²) < 4.78 is 13.6. The van der Waals surface area contributed by atoms with E-state index in [1.54, 1.807) is 6.07 Å². The zero-order valence-electron chi connectivity index (χ0n) is 24.2. The van der Waals surface area contributed by atoms with Crippen molar-refractivity contribution >= 4 is 17.5 Å². The fourth-order valence-corrected chi connectivity index (χ4v) is 6.41. The van der Waals surface area contributed by atoms with Crippen LogP contribution in [0.3, 0.4) is 0 Å². The highest BCUT2D eigenvalue weighted by atomic mass is 19.1. The molecule has 0 unspecified atom stereocenters. The van der Waals surface area contributed by atoms with Gasteiger partial charge < -0.3 is 15.1 Å². The Balaban J connectivity index is 1.20. The maximum absolute atomic E-state index is 14.0. The van der Waals surface area contributed by atoms with E-state index in [0.29, 0.717) is 32.6 Å². The van der Waals surface area contributed by atoms with Crippen LogP contribution in [0.25, 0.3) is 0 Å². The van der Waals surface area contributed by atoms with E-state index in [-0.39, 0.29) is 41.7 Å². The van der Waals surface area contributed by atoms with Gasteiger partial charge in [-0.3, -0.25) is 14.5 Å². The molecule has 0 radical (unpaired) electrons. The van der Waals surface area contributed by atoms with Crippen molar-refractivity contribution in [3.63, 3.8) is 0 Å². The number of piperazine rings is 1. The van der Waals surface area contributed by atoms with E-state index < -0.39 is 0 Å². The Bertz CT molecular complexity index is 1510. The molecular weight excluding hydrogens is 519 g/mol. The number of nitrogens with one attached hydrogen (secondary N) is 1. The van der Waals surface area contributed by atoms with Gasteiger partial charge in [0.25, 0.3) is 5.91 Å². The largest absolute Gasteiger partial charge is 0.333 e. The van der Waals surface area contributed by atoms with Crippen LogP contribution in [0.5, 0.6) is 0 Å². The summed E-state index contributed by atoms with van der Waals surface area (Å²) in [7, 11) is 0. The highest BCUT2D eigenvalue weighted by molar-refractivity contribution is 5.98. The van der Waals surface area contributed by atoms with Gasteiger partial charge in [-0.05, 0) is 54.8 Å². The number of fused-ring (bicyclic) bond motifs is 2. The van der Waals surface area contributed by atoms with Gasteiger partial charge in [-0.1, -0.05) is 38.1 Å². The van der Waals surface area contributed by atoms with Crippen LogP contribution in [0.4, 0.5) is 10.1 Å². The Kier molecular flexibility index (Phi) is 7.11. The summed E-state index contributed by atoms with van der Waals surface area (Å²) in [6.07, 6.45) is 0.512. The zero-order chi connectivity index (χ0) is 28.9. The second-order valence-electron chi connectivity index (χ2n) is 12.4. The molecule has 41 heavy (non-hydrogen) atoms. The van der Waals surface area contributed by atoms with Crippen LogP contribution in [-0.2, 0) is 23.2 Å². The molecule has 0 bridgehead atoms. The first kappa shape index (κ1) is 27.5. The predicted molar refractivity (Wildman–Crippen MR) is 155 cm³/mol. The third-order valence-electron chi connectivity index (χ3n) is 8.68. The molecule has 1 saturated heterocycles. The molecular formula is C32H37FN6O2. The number of carbonyl (C=O) groups excluding carboxylic acids is 2. The molecule has 8 nitrogen and oxygen atoms in total. The second-order valence-corrected chi connectivity index (χ2v) is 12.4. The minimum atomic E-state index is -0.327. The van der Waals surface area contributed by atoms with Gasteiger partial charge >= 0.3 is 0 Å². The summed E-state index contributed by atoms with van der Waals surface area (Å²) in [5.74, 6) is -0.184. The van der Waals surface area contributed by atoms with Gasteiger partial charge in [-0.15, -0.1) is 0 Å². The van der Waals surface area contributed by atoms with E-state index in [4.69, 9.17) is 0 Å². The average molecular weight is 557 g/mol. The molecule has 3 aromatic rings. The topological polar surface area (TPSA) is 81.7 Å². The van der Waals surface area contributed by atoms with Crippen LogP contribution in [0.15, 0.2) is 48.5 Å². The quantitative estimate of drug-likeness (QED) is 0.501. The number of amides is 2. The molecule has 9 heteroatoms. The van der Waals surface area contributed by atoms with E-state index in [2.05, 4.69) is 41.2 Å². The van der Waals surface area contributed by atoms with Crippen molar-refractivity contribution in [3.05, 3.63) is 88.0 Å². The third-order valence-corrected chi connectivity index (χ3v) is 8.68.